The van der Waals surface area contributed by atoms with E-state index in [9.17, 15) is 4.79 Å². The number of nitrogens with zero attached hydrogens (tertiary/aromatic N) is 1. The number of hydrogen-bond donors (Lipinski definition) is 1. The molecule has 1 aliphatic rings. The summed E-state index contributed by atoms with van der Waals surface area (Å²) in [5.41, 5.74) is 6.80. The lowest BCUT2D eigenvalue weighted by Gasteiger charge is -2.34. The summed E-state index contributed by atoms with van der Waals surface area (Å²) in [6.07, 6.45) is 1.09. The van der Waals surface area contributed by atoms with Crippen LogP contribution in [0.25, 0.3) is 0 Å². The molecule has 2 atom stereocenters. The molecule has 4 nitrogen and oxygen atoms in total. The largest absolute Gasteiger partial charge is 0.375 e. The summed E-state index contributed by atoms with van der Waals surface area (Å²) < 4.78 is 5.60. The number of rotatable bonds is 4. The van der Waals surface area contributed by atoms with Gasteiger partial charge in [-0.3, -0.25) is 4.79 Å². The van der Waals surface area contributed by atoms with Crippen molar-refractivity contribution in [1.82, 2.24) is 4.90 Å². The Balaban J connectivity index is 2.08. The molecule has 0 spiro atoms. The van der Waals surface area contributed by atoms with Crippen LogP contribution in [0.4, 0.5) is 0 Å². The maximum absolute atomic E-state index is 12.6. The van der Waals surface area contributed by atoms with E-state index in [4.69, 9.17) is 10.5 Å². The first-order chi connectivity index (χ1) is 9.26. The van der Waals surface area contributed by atoms with E-state index in [0.717, 1.165) is 12.0 Å². The standard InChI is InChI=1S/C15H22N2O2/c1-2-13-11-17(8-9-19-13)15(18)14(10-16)12-6-4-3-5-7-12/h3-7,13-14H,2,8-11,16H2,1H3. The maximum Gasteiger partial charge on any atom is 0.231 e. The summed E-state index contributed by atoms with van der Waals surface area (Å²) in [5.74, 6) is -0.118. The van der Waals surface area contributed by atoms with E-state index in [2.05, 4.69) is 6.92 Å². The fourth-order valence-corrected chi connectivity index (χ4v) is 2.45. The lowest BCUT2D eigenvalue weighted by molar-refractivity contribution is -0.140. The van der Waals surface area contributed by atoms with Gasteiger partial charge in [0.25, 0.3) is 0 Å². The zero-order valence-electron chi connectivity index (χ0n) is 11.4. The number of carbonyl (C=O) groups is 1. The molecule has 1 fully saturated rings. The van der Waals surface area contributed by atoms with Crippen LogP contribution in [0.2, 0.25) is 0 Å². The molecule has 1 amide bonds. The van der Waals surface area contributed by atoms with Crippen molar-refractivity contribution in [3.63, 3.8) is 0 Å². The van der Waals surface area contributed by atoms with Crippen LogP contribution >= 0.6 is 0 Å². The number of nitrogens with two attached hydrogens (primary N) is 1. The summed E-state index contributed by atoms with van der Waals surface area (Å²) in [6, 6.07) is 9.77. The third-order valence-electron chi connectivity index (χ3n) is 3.64. The molecule has 0 aliphatic carbocycles. The Hall–Kier alpha value is -1.39. The van der Waals surface area contributed by atoms with Gasteiger partial charge in [-0.1, -0.05) is 37.3 Å². The second-order valence-electron chi connectivity index (χ2n) is 4.88. The second kappa shape index (κ2) is 6.68. The van der Waals surface area contributed by atoms with Crippen molar-refractivity contribution in [2.75, 3.05) is 26.2 Å². The Kier molecular flexibility index (Phi) is 4.93. The summed E-state index contributed by atoms with van der Waals surface area (Å²) >= 11 is 0. The maximum atomic E-state index is 12.6. The van der Waals surface area contributed by atoms with Crippen molar-refractivity contribution in [3.05, 3.63) is 35.9 Å². The van der Waals surface area contributed by atoms with Crippen LogP contribution < -0.4 is 5.73 Å². The molecule has 1 heterocycles. The molecule has 0 saturated carbocycles. The zero-order chi connectivity index (χ0) is 13.7. The molecule has 19 heavy (non-hydrogen) atoms. The SMILES string of the molecule is CCC1CN(C(=O)C(CN)c2ccccc2)CCO1. The predicted molar refractivity (Wildman–Crippen MR) is 74.8 cm³/mol. The lowest BCUT2D eigenvalue weighted by Crippen LogP contribution is -2.48. The molecule has 2 rings (SSSR count). The third kappa shape index (κ3) is 3.33. The highest BCUT2D eigenvalue weighted by Gasteiger charge is 2.28. The summed E-state index contributed by atoms with van der Waals surface area (Å²) in [5, 5.41) is 0. The molecule has 0 radical (unpaired) electrons. The smallest absolute Gasteiger partial charge is 0.231 e. The molecular formula is C15H22N2O2. The van der Waals surface area contributed by atoms with Crippen molar-refractivity contribution >= 4 is 5.91 Å². The third-order valence-corrected chi connectivity index (χ3v) is 3.64. The van der Waals surface area contributed by atoms with Crippen molar-refractivity contribution < 1.29 is 9.53 Å². The monoisotopic (exact) mass is 262 g/mol. The number of amides is 1. The number of hydrogen-bond acceptors (Lipinski definition) is 3. The van der Waals surface area contributed by atoms with Crippen molar-refractivity contribution in [2.24, 2.45) is 5.73 Å². The van der Waals surface area contributed by atoms with Gasteiger partial charge in [0.05, 0.1) is 18.6 Å². The molecule has 2 unspecified atom stereocenters. The van der Waals surface area contributed by atoms with Gasteiger partial charge in [0.15, 0.2) is 0 Å². The fourth-order valence-electron chi connectivity index (χ4n) is 2.45. The molecule has 2 N–H and O–H groups in total. The molecule has 0 aromatic heterocycles. The highest BCUT2D eigenvalue weighted by molar-refractivity contribution is 5.84. The minimum atomic E-state index is -0.239. The van der Waals surface area contributed by atoms with Crippen molar-refractivity contribution in [2.45, 2.75) is 25.4 Å². The number of morpholine rings is 1. The van der Waals surface area contributed by atoms with Gasteiger partial charge in [-0.15, -0.1) is 0 Å². The van der Waals surface area contributed by atoms with Gasteiger partial charge >= 0.3 is 0 Å². The molecule has 1 aromatic carbocycles. The van der Waals surface area contributed by atoms with E-state index in [-0.39, 0.29) is 17.9 Å². The quantitative estimate of drug-likeness (QED) is 0.891. The first-order valence-corrected chi connectivity index (χ1v) is 6.91. The van der Waals surface area contributed by atoms with Gasteiger partial charge in [-0.2, -0.15) is 0 Å². The Morgan fingerprint density at radius 2 is 2.21 bits per heavy atom. The van der Waals surface area contributed by atoms with Gasteiger partial charge < -0.3 is 15.4 Å². The van der Waals surface area contributed by atoms with Crippen molar-refractivity contribution in [1.29, 1.82) is 0 Å². The Bertz CT molecular complexity index is 408. The van der Waals surface area contributed by atoms with E-state index >= 15 is 0 Å². The average molecular weight is 262 g/mol. The van der Waals surface area contributed by atoms with Gasteiger partial charge in [-0.25, -0.2) is 0 Å². The Labute approximate surface area is 114 Å². The van der Waals surface area contributed by atoms with Gasteiger partial charge in [0.1, 0.15) is 0 Å². The average Bonchev–Trinajstić information content (AvgIpc) is 2.49. The van der Waals surface area contributed by atoms with Crippen LogP contribution in [0.5, 0.6) is 0 Å². The van der Waals surface area contributed by atoms with E-state index in [0.29, 0.717) is 26.2 Å². The number of benzene rings is 1. The molecule has 1 aliphatic heterocycles. The molecule has 0 bridgehead atoms. The topological polar surface area (TPSA) is 55.6 Å². The van der Waals surface area contributed by atoms with E-state index in [1.807, 2.05) is 35.2 Å². The Morgan fingerprint density at radius 3 is 2.84 bits per heavy atom. The minimum absolute atomic E-state index is 0.121. The highest BCUT2D eigenvalue weighted by Crippen LogP contribution is 2.19. The molecule has 1 aromatic rings. The van der Waals surface area contributed by atoms with Crippen LogP contribution in [-0.4, -0.2) is 43.2 Å². The first kappa shape index (κ1) is 14.0. The van der Waals surface area contributed by atoms with Gasteiger partial charge in [0.2, 0.25) is 5.91 Å². The number of carbonyl (C=O) groups excluding carboxylic acids is 1. The minimum Gasteiger partial charge on any atom is -0.375 e. The van der Waals surface area contributed by atoms with Crippen LogP contribution in [0, 0.1) is 0 Å². The zero-order valence-corrected chi connectivity index (χ0v) is 11.4. The lowest BCUT2D eigenvalue weighted by atomic mass is 9.97. The van der Waals surface area contributed by atoms with Crippen LogP contribution in [0.15, 0.2) is 30.3 Å². The van der Waals surface area contributed by atoms with Gasteiger partial charge in [0, 0.05) is 19.6 Å². The van der Waals surface area contributed by atoms with Crippen LogP contribution in [-0.2, 0) is 9.53 Å². The highest BCUT2D eigenvalue weighted by atomic mass is 16.5. The fraction of sp³-hybridized carbons (Fsp3) is 0.533. The predicted octanol–water partition coefficient (Wildman–Crippen LogP) is 1.37. The van der Waals surface area contributed by atoms with Crippen LogP contribution in [0.3, 0.4) is 0 Å². The molecular weight excluding hydrogens is 240 g/mol. The van der Waals surface area contributed by atoms with E-state index < -0.39 is 0 Å². The summed E-state index contributed by atoms with van der Waals surface area (Å²) in [7, 11) is 0. The van der Waals surface area contributed by atoms with E-state index in [1.54, 1.807) is 0 Å². The molecule has 4 heteroatoms. The normalized spacial score (nSPS) is 21.2. The molecule has 1 saturated heterocycles. The van der Waals surface area contributed by atoms with Gasteiger partial charge in [-0.05, 0) is 12.0 Å². The van der Waals surface area contributed by atoms with Crippen LogP contribution in [0.1, 0.15) is 24.8 Å². The number of ether oxygens (including phenoxy) is 1. The molecule has 104 valence electrons. The van der Waals surface area contributed by atoms with E-state index in [1.165, 1.54) is 0 Å². The first-order valence-electron chi connectivity index (χ1n) is 6.91. The van der Waals surface area contributed by atoms with Crippen molar-refractivity contribution in [3.8, 4) is 0 Å². The second-order valence-corrected chi connectivity index (χ2v) is 4.88. The summed E-state index contributed by atoms with van der Waals surface area (Å²) in [4.78, 5) is 14.5. The summed E-state index contributed by atoms with van der Waals surface area (Å²) in [6.45, 7) is 4.39. The Morgan fingerprint density at radius 1 is 1.47 bits per heavy atom.